The molecular weight excluding hydrogens is 366 g/mol. The van der Waals surface area contributed by atoms with E-state index < -0.39 is 0 Å². The summed E-state index contributed by atoms with van der Waals surface area (Å²) in [5.74, 6) is 1.53. The highest BCUT2D eigenvalue weighted by Crippen LogP contribution is 2.49. The highest BCUT2D eigenvalue weighted by Gasteiger charge is 2.34. The molecule has 0 atom stereocenters. The Morgan fingerprint density at radius 1 is 1.22 bits per heavy atom. The SMILES string of the molecule is COc1c2c(c(C(=O)C=Cc3ccccc3Cl)c3c1OCO3)CCN(C)C2. The standard InChI is InChI=1S/C21H20ClNO4/c1-23-10-9-14-15(11-23)19(25-2)21-20(26-12-27-21)18(14)17(24)8-7-13-5-3-4-6-16(13)22/h3-8H,9-12H2,1-2H3. The van der Waals surface area contributed by atoms with Crippen molar-refractivity contribution in [3.63, 3.8) is 0 Å². The van der Waals surface area contributed by atoms with Crippen LogP contribution in [-0.4, -0.2) is 38.2 Å². The van der Waals surface area contributed by atoms with E-state index >= 15 is 0 Å². The first-order chi connectivity index (χ1) is 13.1. The molecule has 0 bridgehead atoms. The number of halogens is 1. The third-order valence-corrected chi connectivity index (χ3v) is 5.27. The smallest absolute Gasteiger partial charge is 0.231 e. The fraction of sp³-hybridized carbons (Fsp3) is 0.286. The fourth-order valence-electron chi connectivity index (χ4n) is 3.63. The Morgan fingerprint density at radius 2 is 2.00 bits per heavy atom. The van der Waals surface area contributed by atoms with Gasteiger partial charge in [0.25, 0.3) is 0 Å². The number of likely N-dealkylation sites (N-methyl/N-ethyl adjacent to an activating group) is 1. The Balaban J connectivity index is 1.81. The molecule has 0 saturated carbocycles. The van der Waals surface area contributed by atoms with E-state index in [1.165, 1.54) is 0 Å². The van der Waals surface area contributed by atoms with Gasteiger partial charge < -0.3 is 19.1 Å². The van der Waals surface area contributed by atoms with Gasteiger partial charge in [0.1, 0.15) is 0 Å². The summed E-state index contributed by atoms with van der Waals surface area (Å²) in [6, 6.07) is 7.41. The van der Waals surface area contributed by atoms with Gasteiger partial charge >= 0.3 is 0 Å². The maximum atomic E-state index is 13.1. The zero-order valence-corrected chi connectivity index (χ0v) is 16.0. The number of hydrogen-bond donors (Lipinski definition) is 0. The molecule has 0 aromatic heterocycles. The Bertz CT molecular complexity index is 938. The summed E-state index contributed by atoms with van der Waals surface area (Å²) < 4.78 is 16.9. The van der Waals surface area contributed by atoms with Crippen molar-refractivity contribution >= 4 is 23.5 Å². The average molecular weight is 386 g/mol. The molecule has 2 aromatic rings. The lowest BCUT2D eigenvalue weighted by Crippen LogP contribution is -2.28. The second-order valence-corrected chi connectivity index (χ2v) is 7.04. The van der Waals surface area contributed by atoms with Crippen LogP contribution >= 0.6 is 11.6 Å². The van der Waals surface area contributed by atoms with Crippen LogP contribution in [0.15, 0.2) is 30.3 Å². The lowest BCUT2D eigenvalue weighted by molar-refractivity contribution is 0.104. The van der Waals surface area contributed by atoms with Crippen LogP contribution in [-0.2, 0) is 13.0 Å². The molecule has 27 heavy (non-hydrogen) atoms. The second-order valence-electron chi connectivity index (χ2n) is 6.64. The third-order valence-electron chi connectivity index (χ3n) is 4.93. The Morgan fingerprint density at radius 3 is 2.78 bits per heavy atom. The van der Waals surface area contributed by atoms with Crippen LogP contribution < -0.4 is 14.2 Å². The van der Waals surface area contributed by atoms with Crippen molar-refractivity contribution < 1.29 is 19.0 Å². The minimum atomic E-state index is -0.125. The van der Waals surface area contributed by atoms with E-state index in [0.29, 0.717) is 34.4 Å². The number of nitrogens with zero attached hydrogens (tertiary/aromatic N) is 1. The molecular formula is C21H20ClNO4. The first-order valence-corrected chi connectivity index (χ1v) is 9.14. The number of benzene rings is 2. The van der Waals surface area contributed by atoms with Gasteiger partial charge in [0, 0.05) is 23.7 Å². The highest BCUT2D eigenvalue weighted by molar-refractivity contribution is 6.32. The Labute approximate surface area is 163 Å². The van der Waals surface area contributed by atoms with Crippen LogP contribution in [0.1, 0.15) is 27.0 Å². The van der Waals surface area contributed by atoms with E-state index in [1.54, 1.807) is 25.3 Å². The maximum absolute atomic E-state index is 13.1. The summed E-state index contributed by atoms with van der Waals surface area (Å²) in [6.07, 6.45) is 4.03. The van der Waals surface area contributed by atoms with Crippen molar-refractivity contribution in [3.8, 4) is 17.2 Å². The third kappa shape index (κ3) is 3.17. The van der Waals surface area contributed by atoms with Crippen LogP contribution in [0.4, 0.5) is 0 Å². The number of allylic oxidation sites excluding steroid dienone is 1. The molecule has 0 amide bonds. The molecule has 0 radical (unpaired) electrons. The molecule has 140 valence electrons. The zero-order valence-electron chi connectivity index (χ0n) is 15.3. The summed E-state index contributed by atoms with van der Waals surface area (Å²) in [5.41, 5.74) is 3.33. The average Bonchev–Trinajstić information content (AvgIpc) is 3.14. The largest absolute Gasteiger partial charge is 0.492 e. The van der Waals surface area contributed by atoms with E-state index in [9.17, 15) is 4.79 Å². The molecule has 6 heteroatoms. The molecule has 5 nitrogen and oxygen atoms in total. The predicted molar refractivity (Wildman–Crippen MR) is 104 cm³/mol. The minimum absolute atomic E-state index is 0.0823. The van der Waals surface area contributed by atoms with Crippen LogP contribution in [0.25, 0.3) is 6.08 Å². The van der Waals surface area contributed by atoms with Gasteiger partial charge in [-0.05, 0) is 42.8 Å². The van der Waals surface area contributed by atoms with Gasteiger partial charge in [0.05, 0.1) is 12.7 Å². The predicted octanol–water partition coefficient (Wildman–Crippen LogP) is 3.96. The van der Waals surface area contributed by atoms with Crippen molar-refractivity contribution in [2.24, 2.45) is 0 Å². The van der Waals surface area contributed by atoms with E-state index in [0.717, 1.165) is 29.7 Å². The topological polar surface area (TPSA) is 48.0 Å². The van der Waals surface area contributed by atoms with E-state index in [1.807, 2.05) is 25.2 Å². The molecule has 2 aromatic carbocycles. The summed E-state index contributed by atoms with van der Waals surface area (Å²) in [4.78, 5) is 15.3. The number of rotatable bonds is 4. The summed E-state index contributed by atoms with van der Waals surface area (Å²) in [7, 11) is 3.66. The lowest BCUT2D eigenvalue weighted by atomic mass is 9.90. The molecule has 2 heterocycles. The Kier molecular flexibility index (Phi) is 4.81. The quantitative estimate of drug-likeness (QED) is 0.589. The van der Waals surface area contributed by atoms with E-state index in [2.05, 4.69) is 4.90 Å². The molecule has 0 spiro atoms. The molecule has 4 rings (SSSR count). The molecule has 0 saturated heterocycles. The molecule has 0 fully saturated rings. The van der Waals surface area contributed by atoms with Crippen LogP contribution in [0.3, 0.4) is 0 Å². The first kappa shape index (κ1) is 17.9. The fourth-order valence-corrected chi connectivity index (χ4v) is 3.82. The van der Waals surface area contributed by atoms with Crippen LogP contribution in [0.2, 0.25) is 5.02 Å². The van der Waals surface area contributed by atoms with Gasteiger partial charge in [-0.2, -0.15) is 0 Å². The number of fused-ring (bicyclic) bond motifs is 2. The Hall–Kier alpha value is -2.50. The molecule has 0 aliphatic carbocycles. The molecule has 0 unspecified atom stereocenters. The summed E-state index contributed by atoms with van der Waals surface area (Å²) >= 11 is 6.19. The van der Waals surface area contributed by atoms with Gasteiger partial charge in [-0.15, -0.1) is 0 Å². The number of ketones is 1. The van der Waals surface area contributed by atoms with E-state index in [-0.39, 0.29) is 12.6 Å². The molecule has 0 N–H and O–H groups in total. The summed E-state index contributed by atoms with van der Waals surface area (Å²) in [5, 5.41) is 0.602. The number of hydrogen-bond acceptors (Lipinski definition) is 5. The minimum Gasteiger partial charge on any atom is -0.492 e. The molecule has 2 aliphatic heterocycles. The van der Waals surface area contributed by atoms with Gasteiger partial charge in [-0.3, -0.25) is 4.79 Å². The first-order valence-electron chi connectivity index (χ1n) is 8.77. The van der Waals surface area contributed by atoms with Crippen LogP contribution in [0, 0.1) is 0 Å². The molecule has 2 aliphatic rings. The normalized spacial score (nSPS) is 15.8. The van der Waals surface area contributed by atoms with Gasteiger partial charge in [0.2, 0.25) is 12.5 Å². The van der Waals surface area contributed by atoms with E-state index in [4.69, 9.17) is 25.8 Å². The number of carbonyl (C=O) groups excluding carboxylic acids is 1. The van der Waals surface area contributed by atoms with Crippen LogP contribution in [0.5, 0.6) is 17.2 Å². The van der Waals surface area contributed by atoms with Crippen molar-refractivity contribution in [1.29, 1.82) is 0 Å². The zero-order chi connectivity index (χ0) is 19.0. The van der Waals surface area contributed by atoms with Gasteiger partial charge in [-0.1, -0.05) is 29.8 Å². The maximum Gasteiger partial charge on any atom is 0.231 e. The summed E-state index contributed by atoms with van der Waals surface area (Å²) in [6.45, 7) is 1.65. The van der Waals surface area contributed by atoms with Crippen molar-refractivity contribution in [3.05, 3.63) is 57.6 Å². The van der Waals surface area contributed by atoms with Gasteiger partial charge in [-0.25, -0.2) is 0 Å². The number of methoxy groups -OCH3 is 1. The number of carbonyl (C=O) groups is 1. The van der Waals surface area contributed by atoms with Crippen molar-refractivity contribution in [1.82, 2.24) is 4.90 Å². The number of ether oxygens (including phenoxy) is 3. The van der Waals surface area contributed by atoms with Crippen molar-refractivity contribution in [2.75, 3.05) is 27.5 Å². The highest BCUT2D eigenvalue weighted by atomic mass is 35.5. The monoisotopic (exact) mass is 385 g/mol. The van der Waals surface area contributed by atoms with Crippen molar-refractivity contribution in [2.45, 2.75) is 13.0 Å². The van der Waals surface area contributed by atoms with Gasteiger partial charge in [0.15, 0.2) is 17.3 Å². The lowest BCUT2D eigenvalue weighted by Gasteiger charge is -2.28. The second kappa shape index (κ2) is 7.25.